The molecule has 2 N–H and O–H groups in total. The number of nitrogens with zero attached hydrogens (tertiary/aromatic N) is 3. The van der Waals surface area contributed by atoms with Gasteiger partial charge in [-0.1, -0.05) is 19.0 Å². The minimum Gasteiger partial charge on any atom is -0.444 e. The summed E-state index contributed by atoms with van der Waals surface area (Å²) in [5.41, 5.74) is 1.56. The standard InChI is InChI=1S/C21H39N5O3.HI/c1-14(2)18(24-20(27)28-21(5,6)7)11-13-26(9)19(22-8)23-12-10-17-15(3)25-29-16(17)4;/h14,18H,10-13H2,1-9H3,(H,22,23)(H,24,27);1H. The molecule has 0 fully saturated rings. The second-order valence-electron chi connectivity index (χ2n) is 8.73. The fourth-order valence-corrected chi connectivity index (χ4v) is 3.01. The third kappa shape index (κ3) is 9.99. The van der Waals surface area contributed by atoms with Gasteiger partial charge in [0, 0.05) is 38.8 Å². The van der Waals surface area contributed by atoms with Gasteiger partial charge in [0.1, 0.15) is 11.4 Å². The molecule has 1 heterocycles. The molecule has 0 aliphatic carbocycles. The van der Waals surface area contributed by atoms with Crippen LogP contribution in [0.4, 0.5) is 4.79 Å². The molecule has 0 aliphatic rings. The number of guanidine groups is 1. The molecule has 0 saturated carbocycles. The van der Waals surface area contributed by atoms with Crippen LogP contribution in [0, 0.1) is 19.8 Å². The molecule has 1 rings (SSSR count). The molecule has 0 aromatic carbocycles. The van der Waals surface area contributed by atoms with Crippen LogP contribution >= 0.6 is 24.0 Å². The third-order valence-electron chi connectivity index (χ3n) is 4.70. The predicted octanol–water partition coefficient (Wildman–Crippen LogP) is 3.90. The van der Waals surface area contributed by atoms with Crippen molar-refractivity contribution >= 4 is 36.0 Å². The lowest BCUT2D eigenvalue weighted by Gasteiger charge is -2.28. The average molecular weight is 537 g/mol. The van der Waals surface area contributed by atoms with Crippen molar-refractivity contribution in [2.24, 2.45) is 10.9 Å². The quantitative estimate of drug-likeness (QED) is 0.297. The van der Waals surface area contributed by atoms with Crippen molar-refractivity contribution in [1.82, 2.24) is 20.7 Å². The van der Waals surface area contributed by atoms with Crippen LogP contribution in [-0.2, 0) is 11.2 Å². The number of aromatic nitrogens is 1. The van der Waals surface area contributed by atoms with Crippen molar-refractivity contribution in [3.63, 3.8) is 0 Å². The van der Waals surface area contributed by atoms with E-state index in [1.165, 1.54) is 0 Å². The first-order chi connectivity index (χ1) is 13.4. The van der Waals surface area contributed by atoms with Crippen molar-refractivity contribution in [2.45, 2.75) is 73.0 Å². The molecule has 174 valence electrons. The van der Waals surface area contributed by atoms with Gasteiger partial charge in [-0.2, -0.15) is 0 Å². The van der Waals surface area contributed by atoms with E-state index in [4.69, 9.17) is 9.26 Å². The summed E-state index contributed by atoms with van der Waals surface area (Å²) >= 11 is 0. The molecule has 0 spiro atoms. The summed E-state index contributed by atoms with van der Waals surface area (Å²) in [5.74, 6) is 1.97. The SMILES string of the molecule is CN=C(NCCc1c(C)noc1C)N(C)CCC(NC(=O)OC(C)(C)C)C(C)C.I. The van der Waals surface area contributed by atoms with E-state index in [1.54, 1.807) is 7.05 Å². The Hall–Kier alpha value is -1.52. The lowest BCUT2D eigenvalue weighted by Crippen LogP contribution is -2.45. The fraction of sp³-hybridized carbons (Fsp3) is 0.762. The van der Waals surface area contributed by atoms with Crippen molar-refractivity contribution < 1.29 is 14.1 Å². The second kappa shape index (κ2) is 13.0. The third-order valence-corrected chi connectivity index (χ3v) is 4.70. The molecule has 30 heavy (non-hydrogen) atoms. The summed E-state index contributed by atoms with van der Waals surface area (Å²) in [6.07, 6.45) is 1.24. The highest BCUT2D eigenvalue weighted by Crippen LogP contribution is 2.13. The van der Waals surface area contributed by atoms with E-state index in [2.05, 4.69) is 39.5 Å². The number of carbonyl (C=O) groups excluding carboxylic acids is 1. The molecule has 8 nitrogen and oxygen atoms in total. The number of carbonyl (C=O) groups is 1. The molecule has 1 aromatic rings. The zero-order chi connectivity index (χ0) is 22.2. The summed E-state index contributed by atoms with van der Waals surface area (Å²) < 4.78 is 10.6. The molecular formula is C21H40IN5O3. The Morgan fingerprint density at radius 3 is 2.40 bits per heavy atom. The maximum absolute atomic E-state index is 12.1. The Morgan fingerprint density at radius 1 is 1.30 bits per heavy atom. The topological polar surface area (TPSA) is 92.0 Å². The molecule has 1 aromatic heterocycles. The van der Waals surface area contributed by atoms with Gasteiger partial charge in [0.15, 0.2) is 5.96 Å². The highest BCUT2D eigenvalue weighted by molar-refractivity contribution is 14.0. The summed E-state index contributed by atoms with van der Waals surface area (Å²) in [4.78, 5) is 18.6. The van der Waals surface area contributed by atoms with Crippen LogP contribution in [0.2, 0.25) is 0 Å². The van der Waals surface area contributed by atoms with Crippen LogP contribution in [0.5, 0.6) is 0 Å². The number of amides is 1. The predicted molar refractivity (Wildman–Crippen MR) is 132 cm³/mol. The van der Waals surface area contributed by atoms with E-state index in [0.29, 0.717) is 5.92 Å². The van der Waals surface area contributed by atoms with E-state index in [-0.39, 0.29) is 36.1 Å². The monoisotopic (exact) mass is 537 g/mol. The maximum Gasteiger partial charge on any atom is 0.407 e. The minimum absolute atomic E-state index is 0. The van der Waals surface area contributed by atoms with Gasteiger partial charge in [0.05, 0.1) is 5.69 Å². The van der Waals surface area contributed by atoms with Crippen LogP contribution in [0.25, 0.3) is 0 Å². The molecule has 1 atom stereocenters. The highest BCUT2D eigenvalue weighted by atomic mass is 127. The number of aryl methyl sites for hydroxylation is 2. The summed E-state index contributed by atoms with van der Waals surface area (Å²) in [5, 5.41) is 10.4. The van der Waals surface area contributed by atoms with Gasteiger partial charge in [0.25, 0.3) is 0 Å². The van der Waals surface area contributed by atoms with Gasteiger partial charge in [-0.25, -0.2) is 4.79 Å². The van der Waals surface area contributed by atoms with Gasteiger partial charge < -0.3 is 24.8 Å². The fourth-order valence-electron chi connectivity index (χ4n) is 3.01. The first-order valence-corrected chi connectivity index (χ1v) is 10.3. The Balaban J connectivity index is 0.00000841. The first kappa shape index (κ1) is 28.5. The summed E-state index contributed by atoms with van der Waals surface area (Å²) in [6.45, 7) is 15.2. The largest absolute Gasteiger partial charge is 0.444 e. The van der Waals surface area contributed by atoms with E-state index in [0.717, 1.165) is 48.9 Å². The number of rotatable bonds is 8. The van der Waals surface area contributed by atoms with Crippen molar-refractivity contribution in [1.29, 1.82) is 0 Å². The average Bonchev–Trinajstić information content (AvgIpc) is 2.91. The Morgan fingerprint density at radius 2 is 1.93 bits per heavy atom. The number of halogens is 1. The van der Waals surface area contributed by atoms with Gasteiger partial charge in [0.2, 0.25) is 0 Å². The Kier molecular flexibility index (Phi) is 12.4. The molecular weight excluding hydrogens is 497 g/mol. The van der Waals surface area contributed by atoms with E-state index >= 15 is 0 Å². The molecule has 0 saturated heterocycles. The molecule has 1 unspecified atom stereocenters. The lowest BCUT2D eigenvalue weighted by atomic mass is 10.0. The number of hydrogen-bond acceptors (Lipinski definition) is 5. The van der Waals surface area contributed by atoms with Crippen molar-refractivity contribution in [3.05, 3.63) is 17.0 Å². The van der Waals surface area contributed by atoms with E-state index in [1.807, 2.05) is 41.7 Å². The van der Waals surface area contributed by atoms with Crippen LogP contribution in [0.3, 0.4) is 0 Å². The van der Waals surface area contributed by atoms with Gasteiger partial charge in [-0.15, -0.1) is 24.0 Å². The van der Waals surface area contributed by atoms with E-state index < -0.39 is 5.60 Å². The normalized spacial score (nSPS) is 12.9. The van der Waals surface area contributed by atoms with Crippen molar-refractivity contribution in [3.8, 4) is 0 Å². The zero-order valence-corrected chi connectivity index (χ0v) is 22.3. The van der Waals surface area contributed by atoms with Crippen LogP contribution in [-0.4, -0.2) is 60.9 Å². The number of alkyl carbamates (subject to hydrolysis) is 1. The van der Waals surface area contributed by atoms with Gasteiger partial charge in [-0.3, -0.25) is 4.99 Å². The minimum atomic E-state index is -0.504. The summed E-state index contributed by atoms with van der Waals surface area (Å²) in [7, 11) is 3.77. The van der Waals surface area contributed by atoms with Crippen LogP contribution in [0.1, 0.15) is 58.1 Å². The zero-order valence-electron chi connectivity index (χ0n) is 20.0. The molecule has 0 bridgehead atoms. The molecule has 9 heteroatoms. The van der Waals surface area contributed by atoms with Gasteiger partial charge >= 0.3 is 6.09 Å². The number of nitrogens with one attached hydrogen (secondary N) is 2. The Bertz CT molecular complexity index is 663. The smallest absolute Gasteiger partial charge is 0.407 e. The Labute approximate surface area is 198 Å². The number of hydrogen-bond donors (Lipinski definition) is 2. The first-order valence-electron chi connectivity index (χ1n) is 10.3. The van der Waals surface area contributed by atoms with Crippen LogP contribution < -0.4 is 10.6 Å². The number of ether oxygens (including phenoxy) is 1. The molecule has 0 aliphatic heterocycles. The second-order valence-corrected chi connectivity index (χ2v) is 8.73. The van der Waals surface area contributed by atoms with Crippen LogP contribution in [0.15, 0.2) is 9.52 Å². The van der Waals surface area contributed by atoms with Gasteiger partial charge in [-0.05, 0) is 53.4 Å². The summed E-state index contributed by atoms with van der Waals surface area (Å²) in [6, 6.07) is 0.0210. The molecule has 1 amide bonds. The highest BCUT2D eigenvalue weighted by Gasteiger charge is 2.22. The van der Waals surface area contributed by atoms with Crippen molar-refractivity contribution in [2.75, 3.05) is 27.2 Å². The molecule has 0 radical (unpaired) electrons. The number of aliphatic imine (C=N–C) groups is 1. The van der Waals surface area contributed by atoms with E-state index in [9.17, 15) is 4.79 Å². The lowest BCUT2D eigenvalue weighted by molar-refractivity contribution is 0.0486. The maximum atomic E-state index is 12.1.